The van der Waals surface area contributed by atoms with Gasteiger partial charge in [0, 0.05) is 24.5 Å². The highest BCUT2D eigenvalue weighted by atomic mass is 79.9. The van der Waals surface area contributed by atoms with Gasteiger partial charge in [-0.3, -0.25) is 9.78 Å². The summed E-state index contributed by atoms with van der Waals surface area (Å²) in [6.45, 7) is 0.424. The number of carbonyl (C=O) groups excluding carboxylic acids is 1. The molecule has 1 aliphatic heterocycles. The fourth-order valence-electron chi connectivity index (χ4n) is 1.86. The minimum Gasteiger partial charge on any atom is -0.311 e. The van der Waals surface area contributed by atoms with Crippen molar-refractivity contribution >= 4 is 27.5 Å². The maximum atomic E-state index is 12.5. The van der Waals surface area contributed by atoms with Gasteiger partial charge in [0.25, 0.3) is 0 Å². The number of nitrogens with zero attached hydrogens (tertiary/aromatic N) is 2. The molecule has 7 heteroatoms. The third-order valence-electron chi connectivity index (χ3n) is 2.79. The zero-order valence-electron chi connectivity index (χ0n) is 9.25. The molecule has 2 rings (SSSR count). The van der Waals surface area contributed by atoms with Crippen LogP contribution in [0.5, 0.6) is 0 Å². The molecule has 1 saturated heterocycles. The van der Waals surface area contributed by atoms with Crippen molar-refractivity contribution < 1.29 is 18.0 Å². The van der Waals surface area contributed by atoms with Gasteiger partial charge in [-0.05, 0) is 12.0 Å². The Morgan fingerprint density at radius 1 is 1.44 bits per heavy atom. The van der Waals surface area contributed by atoms with Gasteiger partial charge in [-0.15, -0.1) is 0 Å². The molecule has 98 valence electrons. The van der Waals surface area contributed by atoms with Crippen molar-refractivity contribution in [1.29, 1.82) is 0 Å². The van der Waals surface area contributed by atoms with Gasteiger partial charge in [0.15, 0.2) is 0 Å². The normalized spacial score (nSPS) is 20.6. The second-order valence-electron chi connectivity index (χ2n) is 4.16. The first-order valence-electron chi connectivity index (χ1n) is 5.30. The molecule has 1 unspecified atom stereocenters. The van der Waals surface area contributed by atoms with Gasteiger partial charge in [0.05, 0.1) is 17.4 Å². The van der Waals surface area contributed by atoms with Crippen LogP contribution in [-0.4, -0.2) is 22.8 Å². The van der Waals surface area contributed by atoms with E-state index in [0.29, 0.717) is 18.3 Å². The van der Waals surface area contributed by atoms with Crippen molar-refractivity contribution in [3.8, 4) is 0 Å². The molecule has 0 radical (unpaired) electrons. The Morgan fingerprint density at radius 2 is 2.17 bits per heavy atom. The number of halogens is 4. The molecule has 0 aromatic carbocycles. The highest BCUT2D eigenvalue weighted by Crippen LogP contribution is 2.32. The summed E-state index contributed by atoms with van der Waals surface area (Å²) in [7, 11) is 0. The van der Waals surface area contributed by atoms with Crippen LogP contribution in [-0.2, 0) is 11.0 Å². The maximum Gasteiger partial charge on any atom is 0.417 e. The van der Waals surface area contributed by atoms with Crippen LogP contribution in [0.4, 0.5) is 18.9 Å². The highest BCUT2D eigenvalue weighted by Gasteiger charge is 2.34. The van der Waals surface area contributed by atoms with E-state index in [1.807, 2.05) is 0 Å². The van der Waals surface area contributed by atoms with Gasteiger partial charge in [-0.25, -0.2) is 0 Å². The standard InChI is InChI=1S/C11H10BrF3N2O/c12-3-7-1-10(18)17(6-7)9-2-8(4-16-5-9)11(13,14)15/h2,4-5,7H,1,3,6H2. The Morgan fingerprint density at radius 3 is 2.72 bits per heavy atom. The zero-order valence-corrected chi connectivity index (χ0v) is 10.8. The summed E-state index contributed by atoms with van der Waals surface area (Å²) in [6, 6.07) is 0.960. The van der Waals surface area contributed by atoms with E-state index in [-0.39, 0.29) is 17.5 Å². The van der Waals surface area contributed by atoms with E-state index in [1.165, 1.54) is 11.1 Å². The third-order valence-corrected chi connectivity index (χ3v) is 3.70. The number of alkyl halides is 4. The van der Waals surface area contributed by atoms with Gasteiger partial charge in [0.2, 0.25) is 5.91 Å². The smallest absolute Gasteiger partial charge is 0.311 e. The number of carbonyl (C=O) groups is 1. The topological polar surface area (TPSA) is 33.2 Å². The molecule has 1 aromatic rings. The highest BCUT2D eigenvalue weighted by molar-refractivity contribution is 9.09. The van der Waals surface area contributed by atoms with Crippen LogP contribution in [0, 0.1) is 5.92 Å². The molecule has 3 nitrogen and oxygen atoms in total. The second-order valence-corrected chi connectivity index (χ2v) is 4.81. The quantitative estimate of drug-likeness (QED) is 0.784. The number of hydrogen-bond acceptors (Lipinski definition) is 2. The molecule has 0 saturated carbocycles. The van der Waals surface area contributed by atoms with Gasteiger partial charge in [0.1, 0.15) is 0 Å². The summed E-state index contributed by atoms with van der Waals surface area (Å²) < 4.78 is 37.6. The van der Waals surface area contributed by atoms with Crippen molar-refractivity contribution in [2.24, 2.45) is 5.92 Å². The van der Waals surface area contributed by atoms with E-state index in [2.05, 4.69) is 20.9 Å². The average Bonchev–Trinajstić information content (AvgIpc) is 2.70. The van der Waals surface area contributed by atoms with Crippen LogP contribution in [0.15, 0.2) is 18.5 Å². The average molecular weight is 323 g/mol. The molecule has 2 heterocycles. The van der Waals surface area contributed by atoms with E-state index in [9.17, 15) is 18.0 Å². The maximum absolute atomic E-state index is 12.5. The summed E-state index contributed by atoms with van der Waals surface area (Å²) in [6.07, 6.45) is -2.06. The van der Waals surface area contributed by atoms with Crippen LogP contribution in [0.2, 0.25) is 0 Å². The molecular formula is C11H10BrF3N2O. The molecule has 1 fully saturated rings. The predicted octanol–water partition coefficient (Wildman–Crippen LogP) is 2.85. The van der Waals surface area contributed by atoms with E-state index < -0.39 is 11.7 Å². The number of amides is 1. The van der Waals surface area contributed by atoms with E-state index in [1.54, 1.807) is 0 Å². The number of hydrogen-bond donors (Lipinski definition) is 0. The largest absolute Gasteiger partial charge is 0.417 e. The lowest BCUT2D eigenvalue weighted by molar-refractivity contribution is -0.137. The Labute approximate surface area is 110 Å². The second kappa shape index (κ2) is 4.87. The minimum atomic E-state index is -4.44. The Bertz CT molecular complexity index is 464. The monoisotopic (exact) mass is 322 g/mol. The van der Waals surface area contributed by atoms with Crippen molar-refractivity contribution in [3.05, 3.63) is 24.0 Å². The fraction of sp³-hybridized carbons (Fsp3) is 0.455. The Hall–Kier alpha value is -1.11. The summed E-state index contributed by atoms with van der Waals surface area (Å²) in [5.74, 6) is -0.0346. The van der Waals surface area contributed by atoms with Crippen molar-refractivity contribution in [3.63, 3.8) is 0 Å². The third kappa shape index (κ3) is 2.66. The lowest BCUT2D eigenvalue weighted by atomic mass is 10.2. The summed E-state index contributed by atoms with van der Waals surface area (Å²) in [5, 5.41) is 0.654. The first-order valence-corrected chi connectivity index (χ1v) is 6.42. The lowest BCUT2D eigenvalue weighted by Crippen LogP contribution is -2.25. The number of aromatic nitrogens is 1. The van der Waals surface area contributed by atoms with Crippen LogP contribution >= 0.6 is 15.9 Å². The van der Waals surface area contributed by atoms with Crippen molar-refractivity contribution in [2.75, 3.05) is 16.8 Å². The van der Waals surface area contributed by atoms with Crippen LogP contribution in [0.1, 0.15) is 12.0 Å². The SMILES string of the molecule is O=C1CC(CBr)CN1c1cncc(C(F)(F)F)c1. The van der Waals surface area contributed by atoms with Gasteiger partial charge in [-0.1, -0.05) is 15.9 Å². The van der Waals surface area contributed by atoms with Crippen molar-refractivity contribution in [1.82, 2.24) is 4.98 Å². The number of rotatable bonds is 2. The van der Waals surface area contributed by atoms with E-state index in [0.717, 1.165) is 12.3 Å². The molecule has 1 amide bonds. The van der Waals surface area contributed by atoms with Crippen LogP contribution in [0.3, 0.4) is 0 Å². The number of anilines is 1. The summed E-state index contributed by atoms with van der Waals surface area (Å²) in [5.41, 5.74) is -0.631. The summed E-state index contributed by atoms with van der Waals surface area (Å²) in [4.78, 5) is 16.6. The molecule has 0 spiro atoms. The zero-order chi connectivity index (χ0) is 13.3. The molecule has 0 aliphatic carbocycles. The number of pyridine rings is 1. The van der Waals surface area contributed by atoms with Crippen molar-refractivity contribution in [2.45, 2.75) is 12.6 Å². The summed E-state index contributed by atoms with van der Waals surface area (Å²) >= 11 is 3.28. The molecule has 1 atom stereocenters. The van der Waals surface area contributed by atoms with E-state index in [4.69, 9.17) is 0 Å². The fourth-order valence-corrected chi connectivity index (χ4v) is 2.30. The van der Waals surface area contributed by atoms with Gasteiger partial charge < -0.3 is 4.90 Å². The molecule has 18 heavy (non-hydrogen) atoms. The Balaban J connectivity index is 2.27. The minimum absolute atomic E-state index is 0.132. The van der Waals surface area contributed by atoms with E-state index >= 15 is 0 Å². The molecular weight excluding hydrogens is 313 g/mol. The van der Waals surface area contributed by atoms with Gasteiger partial charge >= 0.3 is 6.18 Å². The van der Waals surface area contributed by atoms with Gasteiger partial charge in [-0.2, -0.15) is 13.2 Å². The van der Waals surface area contributed by atoms with Crippen LogP contribution in [0.25, 0.3) is 0 Å². The Kier molecular flexibility index (Phi) is 3.61. The van der Waals surface area contributed by atoms with Crippen LogP contribution < -0.4 is 4.90 Å². The molecule has 0 bridgehead atoms. The molecule has 0 N–H and O–H groups in total. The molecule has 1 aliphatic rings. The first-order chi connectivity index (χ1) is 8.41. The lowest BCUT2D eigenvalue weighted by Gasteiger charge is -2.17. The first kappa shape index (κ1) is 13.3. The predicted molar refractivity (Wildman–Crippen MR) is 63.5 cm³/mol. The molecule has 1 aromatic heterocycles.